The number of benzene rings is 1. The molecule has 114 valence electrons. The van der Waals surface area contributed by atoms with Gasteiger partial charge in [-0.1, -0.05) is 6.07 Å². The van der Waals surface area contributed by atoms with Gasteiger partial charge in [0.1, 0.15) is 0 Å². The van der Waals surface area contributed by atoms with Gasteiger partial charge in [-0.2, -0.15) is 22.5 Å². The molecule has 0 aliphatic rings. The Balaban J connectivity index is 2.24. The van der Waals surface area contributed by atoms with E-state index in [2.05, 4.69) is 9.36 Å². The molecule has 2 aromatic rings. The number of hydrogen-bond donors (Lipinski definition) is 1. The highest BCUT2D eigenvalue weighted by Gasteiger charge is 2.36. The minimum atomic E-state index is -4.59. The molecule has 1 aromatic carbocycles. The number of halogens is 3. The lowest BCUT2D eigenvalue weighted by atomic mass is 10.2. The number of nitrogens with two attached hydrogens (primary N) is 1. The summed E-state index contributed by atoms with van der Waals surface area (Å²) in [5.74, 6) is -0.567. The van der Waals surface area contributed by atoms with E-state index >= 15 is 0 Å². The predicted octanol–water partition coefficient (Wildman–Crippen LogP) is 3.21. The second-order valence-corrected chi connectivity index (χ2v) is 4.62. The van der Waals surface area contributed by atoms with Gasteiger partial charge in [0.25, 0.3) is 11.0 Å². The Bertz CT molecular complexity index is 616. The Hall–Kier alpha value is -1.87. The van der Waals surface area contributed by atoms with Crippen molar-refractivity contribution >= 4 is 11.5 Å². The number of rotatable bonds is 5. The summed E-state index contributed by atoms with van der Waals surface area (Å²) in [4.78, 5) is 3.30. The van der Waals surface area contributed by atoms with Crippen LogP contribution in [0.2, 0.25) is 0 Å². The minimum absolute atomic E-state index is 0.205. The third-order valence-corrected chi connectivity index (χ3v) is 3.00. The summed E-state index contributed by atoms with van der Waals surface area (Å²) in [7, 11) is 0. The number of hydrogen-bond acceptors (Lipinski definition) is 6. The maximum atomic E-state index is 12.4. The summed E-state index contributed by atoms with van der Waals surface area (Å²) in [6, 6.07) is 4.94. The van der Waals surface area contributed by atoms with Crippen molar-refractivity contribution in [3.05, 3.63) is 29.6 Å². The lowest BCUT2D eigenvalue weighted by Gasteiger charge is -2.10. The first-order chi connectivity index (χ1) is 9.94. The van der Waals surface area contributed by atoms with Crippen LogP contribution < -0.4 is 15.2 Å². The Morgan fingerprint density at radius 2 is 2.05 bits per heavy atom. The van der Waals surface area contributed by atoms with Crippen molar-refractivity contribution in [3.63, 3.8) is 0 Å². The molecule has 0 aliphatic heterocycles. The number of ether oxygens (including phenoxy) is 2. The first-order valence-corrected chi connectivity index (χ1v) is 6.76. The maximum Gasteiger partial charge on any atom is 0.452 e. The van der Waals surface area contributed by atoms with Crippen molar-refractivity contribution in [2.24, 2.45) is 5.73 Å². The van der Waals surface area contributed by atoms with Crippen LogP contribution in [0, 0.1) is 0 Å². The Morgan fingerprint density at radius 1 is 1.29 bits per heavy atom. The van der Waals surface area contributed by atoms with Gasteiger partial charge in [0.05, 0.1) is 6.61 Å². The van der Waals surface area contributed by atoms with Crippen LogP contribution in [-0.4, -0.2) is 16.0 Å². The second-order valence-electron chi connectivity index (χ2n) is 3.90. The molecular weight excluding hydrogens is 307 g/mol. The first-order valence-electron chi connectivity index (χ1n) is 5.98. The van der Waals surface area contributed by atoms with Crippen LogP contribution in [0.25, 0.3) is 0 Å². The molecule has 0 saturated carbocycles. The lowest BCUT2D eigenvalue weighted by Crippen LogP contribution is -2.07. The van der Waals surface area contributed by atoms with Gasteiger partial charge in [-0.3, -0.25) is 0 Å². The Kier molecular flexibility index (Phi) is 4.63. The summed E-state index contributed by atoms with van der Waals surface area (Å²) in [5, 5.41) is -0.205. The van der Waals surface area contributed by atoms with Crippen molar-refractivity contribution in [2.45, 2.75) is 19.6 Å². The van der Waals surface area contributed by atoms with E-state index in [4.69, 9.17) is 15.2 Å². The summed E-state index contributed by atoms with van der Waals surface area (Å²) >= 11 is 0.524. The fourth-order valence-corrected chi connectivity index (χ4v) is 2.06. The minimum Gasteiger partial charge on any atom is -0.490 e. The highest BCUT2D eigenvalue weighted by Crippen LogP contribution is 2.35. The number of alkyl halides is 3. The monoisotopic (exact) mass is 319 g/mol. The topological polar surface area (TPSA) is 70.3 Å². The van der Waals surface area contributed by atoms with Gasteiger partial charge < -0.3 is 15.2 Å². The van der Waals surface area contributed by atoms with Crippen LogP contribution in [0.3, 0.4) is 0 Å². The molecular formula is C12H12F3N3O2S. The highest BCUT2D eigenvalue weighted by atomic mass is 32.1. The molecule has 0 aliphatic carbocycles. The molecule has 0 atom stereocenters. The quantitative estimate of drug-likeness (QED) is 0.916. The van der Waals surface area contributed by atoms with Crippen LogP contribution in [0.1, 0.15) is 18.3 Å². The predicted molar refractivity (Wildman–Crippen MR) is 70.5 cm³/mol. The summed E-state index contributed by atoms with van der Waals surface area (Å²) < 4.78 is 51.2. The average molecular weight is 319 g/mol. The molecule has 0 radical (unpaired) electrons. The van der Waals surface area contributed by atoms with Gasteiger partial charge in [0.15, 0.2) is 11.5 Å². The van der Waals surface area contributed by atoms with Gasteiger partial charge in [-0.25, -0.2) is 0 Å². The first kappa shape index (κ1) is 15.5. The van der Waals surface area contributed by atoms with E-state index < -0.39 is 12.0 Å². The summed E-state index contributed by atoms with van der Waals surface area (Å²) in [5.41, 5.74) is 6.35. The number of nitrogens with zero attached hydrogens (tertiary/aromatic N) is 2. The van der Waals surface area contributed by atoms with Gasteiger partial charge in [0, 0.05) is 18.1 Å². The van der Waals surface area contributed by atoms with E-state index in [9.17, 15) is 13.2 Å². The molecule has 1 heterocycles. The average Bonchev–Trinajstić information content (AvgIpc) is 2.89. The molecule has 21 heavy (non-hydrogen) atoms. The standard InChI is InChI=1S/C12H12F3N3O2S/c1-2-19-9-5-7(6-16)3-4-8(9)20-11-17-10(18-21-11)12(13,14)15/h3-5H,2,6,16H2,1H3. The number of aromatic nitrogens is 2. The smallest absolute Gasteiger partial charge is 0.452 e. The van der Waals surface area contributed by atoms with Crippen LogP contribution in [0.4, 0.5) is 13.2 Å². The highest BCUT2D eigenvalue weighted by molar-refractivity contribution is 7.07. The molecule has 2 rings (SSSR count). The zero-order valence-electron chi connectivity index (χ0n) is 11.0. The van der Waals surface area contributed by atoms with Crippen molar-refractivity contribution in [1.82, 2.24) is 9.36 Å². The van der Waals surface area contributed by atoms with E-state index in [1.165, 1.54) is 0 Å². The van der Waals surface area contributed by atoms with Crippen molar-refractivity contribution in [2.75, 3.05) is 6.61 Å². The normalized spacial score (nSPS) is 11.5. The zero-order chi connectivity index (χ0) is 15.5. The van der Waals surface area contributed by atoms with Crippen LogP contribution >= 0.6 is 11.5 Å². The van der Waals surface area contributed by atoms with E-state index in [1.807, 2.05) is 0 Å². The molecule has 0 bridgehead atoms. The molecule has 2 N–H and O–H groups in total. The third kappa shape index (κ3) is 3.82. The Labute approximate surface area is 122 Å². The van der Waals surface area contributed by atoms with E-state index in [-0.39, 0.29) is 10.9 Å². The molecule has 0 spiro atoms. The molecule has 0 fully saturated rings. The fourth-order valence-electron chi connectivity index (χ4n) is 1.49. The van der Waals surface area contributed by atoms with E-state index in [1.54, 1.807) is 25.1 Å². The molecule has 0 amide bonds. The fraction of sp³-hybridized carbons (Fsp3) is 0.333. The van der Waals surface area contributed by atoms with Crippen LogP contribution in [0.15, 0.2) is 18.2 Å². The molecule has 0 saturated heterocycles. The van der Waals surface area contributed by atoms with Crippen molar-refractivity contribution in [3.8, 4) is 16.7 Å². The van der Waals surface area contributed by atoms with Gasteiger partial charge in [-0.15, -0.1) is 0 Å². The van der Waals surface area contributed by atoms with Gasteiger partial charge >= 0.3 is 6.18 Å². The van der Waals surface area contributed by atoms with Gasteiger partial charge in [0.2, 0.25) is 0 Å². The van der Waals surface area contributed by atoms with Crippen LogP contribution in [-0.2, 0) is 12.7 Å². The maximum absolute atomic E-state index is 12.4. The SMILES string of the molecule is CCOc1cc(CN)ccc1Oc1nc(C(F)(F)F)ns1. The summed E-state index contributed by atoms with van der Waals surface area (Å²) in [6.07, 6.45) is -4.59. The lowest BCUT2D eigenvalue weighted by molar-refractivity contribution is -0.144. The van der Waals surface area contributed by atoms with Crippen LogP contribution in [0.5, 0.6) is 16.7 Å². The van der Waals surface area contributed by atoms with E-state index in [0.29, 0.717) is 30.4 Å². The molecule has 1 aromatic heterocycles. The van der Waals surface area contributed by atoms with Crippen molar-refractivity contribution < 1.29 is 22.6 Å². The molecule has 0 unspecified atom stereocenters. The Morgan fingerprint density at radius 3 is 2.62 bits per heavy atom. The van der Waals surface area contributed by atoms with E-state index in [0.717, 1.165) is 5.56 Å². The molecule has 5 nitrogen and oxygen atoms in total. The third-order valence-electron chi connectivity index (χ3n) is 2.40. The summed E-state index contributed by atoms with van der Waals surface area (Å²) in [6.45, 7) is 2.48. The second kappa shape index (κ2) is 6.27. The van der Waals surface area contributed by atoms with Gasteiger partial charge in [-0.05, 0) is 24.6 Å². The largest absolute Gasteiger partial charge is 0.490 e. The van der Waals surface area contributed by atoms with Crippen molar-refractivity contribution in [1.29, 1.82) is 0 Å². The molecule has 9 heteroatoms. The zero-order valence-corrected chi connectivity index (χ0v) is 11.8.